The first-order chi connectivity index (χ1) is 15.2. The van der Waals surface area contributed by atoms with Gasteiger partial charge in [-0.2, -0.15) is 0 Å². The quantitative estimate of drug-likeness (QED) is 0.459. The van der Waals surface area contributed by atoms with E-state index in [0.717, 1.165) is 52.6 Å². The fourth-order valence-corrected chi connectivity index (χ4v) is 5.15. The highest BCUT2D eigenvalue weighted by molar-refractivity contribution is 7.17. The van der Waals surface area contributed by atoms with Crippen molar-refractivity contribution in [3.05, 3.63) is 65.1 Å². The third-order valence-corrected chi connectivity index (χ3v) is 7.04. The van der Waals surface area contributed by atoms with Crippen molar-refractivity contribution in [2.24, 2.45) is 5.92 Å². The van der Waals surface area contributed by atoms with Crippen LogP contribution in [-0.4, -0.2) is 27.6 Å². The molecule has 1 saturated carbocycles. The lowest BCUT2D eigenvalue weighted by Gasteiger charge is -2.26. The smallest absolute Gasteiger partial charge is 0.252 e. The first kappa shape index (κ1) is 19.9. The summed E-state index contributed by atoms with van der Waals surface area (Å²) in [6.07, 6.45) is 5.84. The monoisotopic (exact) mass is 432 g/mol. The van der Waals surface area contributed by atoms with Crippen LogP contribution in [-0.2, 0) is 0 Å². The number of aryl methyl sites for hydroxylation is 1. The van der Waals surface area contributed by atoms with Gasteiger partial charge in [0, 0.05) is 39.8 Å². The number of hydrogen-bond donors (Lipinski definition) is 1. The van der Waals surface area contributed by atoms with E-state index in [0.29, 0.717) is 24.2 Å². The number of nitrogens with zero attached hydrogens (tertiary/aromatic N) is 3. The number of aromatic nitrogens is 3. The second kappa shape index (κ2) is 8.59. The third kappa shape index (κ3) is 4.23. The van der Waals surface area contributed by atoms with E-state index in [1.165, 1.54) is 0 Å². The van der Waals surface area contributed by atoms with Gasteiger partial charge in [-0.05, 0) is 56.7 Å². The van der Waals surface area contributed by atoms with Crippen LogP contribution in [0.4, 0.5) is 0 Å². The van der Waals surface area contributed by atoms with Gasteiger partial charge in [0.05, 0.1) is 11.1 Å². The molecule has 1 fully saturated rings. The van der Waals surface area contributed by atoms with Gasteiger partial charge in [-0.3, -0.25) is 9.78 Å². The van der Waals surface area contributed by atoms with Crippen molar-refractivity contribution in [3.63, 3.8) is 0 Å². The van der Waals surface area contributed by atoms with Crippen LogP contribution in [0.15, 0.2) is 52.4 Å². The van der Waals surface area contributed by atoms with Crippen LogP contribution in [0.1, 0.15) is 53.5 Å². The molecule has 1 aromatic carbocycles. The third-order valence-electron chi connectivity index (χ3n) is 6.07. The van der Waals surface area contributed by atoms with Crippen LogP contribution in [0, 0.1) is 12.8 Å². The number of carbonyl (C=O) groups is 1. The summed E-state index contributed by atoms with van der Waals surface area (Å²) in [4.78, 5) is 17.0. The van der Waals surface area contributed by atoms with Crippen molar-refractivity contribution in [2.45, 2.75) is 38.5 Å². The van der Waals surface area contributed by atoms with Crippen LogP contribution in [0.5, 0.6) is 0 Å². The molecule has 0 saturated heterocycles. The van der Waals surface area contributed by atoms with Crippen LogP contribution in [0.3, 0.4) is 0 Å². The standard InChI is InChI=1S/C24H24N4O2S/c1-15-6-9-18(13-25-15)24-28-27-23(30-24)17-10-7-16(8-11-17)12-26-22(29)20-14-31-21-5-3-2-4-19(20)21/h2-6,9,13-14,16-17H,7-8,10-12H2,1H3,(H,26,29). The zero-order valence-corrected chi connectivity index (χ0v) is 18.2. The van der Waals surface area contributed by atoms with Gasteiger partial charge in [-0.25, -0.2) is 0 Å². The maximum Gasteiger partial charge on any atom is 0.252 e. The molecule has 0 radical (unpaired) electrons. The van der Waals surface area contributed by atoms with E-state index >= 15 is 0 Å². The van der Waals surface area contributed by atoms with Gasteiger partial charge in [-0.1, -0.05) is 18.2 Å². The second-order valence-corrected chi connectivity index (χ2v) is 9.12. The van der Waals surface area contributed by atoms with Crippen LogP contribution in [0.25, 0.3) is 21.5 Å². The van der Waals surface area contributed by atoms with Gasteiger partial charge in [-0.15, -0.1) is 21.5 Å². The largest absolute Gasteiger partial charge is 0.420 e. The molecule has 7 heteroatoms. The highest BCUT2D eigenvalue weighted by atomic mass is 32.1. The zero-order chi connectivity index (χ0) is 21.2. The predicted octanol–water partition coefficient (Wildman–Crippen LogP) is 5.36. The first-order valence-corrected chi connectivity index (χ1v) is 11.6. The average molecular weight is 433 g/mol. The second-order valence-electron chi connectivity index (χ2n) is 8.21. The number of hydrogen-bond acceptors (Lipinski definition) is 6. The van der Waals surface area contributed by atoms with Crippen LogP contribution >= 0.6 is 11.3 Å². The van der Waals surface area contributed by atoms with Crippen LogP contribution in [0.2, 0.25) is 0 Å². The number of pyridine rings is 1. The van der Waals surface area contributed by atoms with Gasteiger partial charge in [0.25, 0.3) is 5.91 Å². The minimum absolute atomic E-state index is 0.0211. The number of fused-ring (bicyclic) bond motifs is 1. The summed E-state index contributed by atoms with van der Waals surface area (Å²) >= 11 is 1.61. The first-order valence-electron chi connectivity index (χ1n) is 10.7. The molecule has 3 aromatic heterocycles. The van der Waals surface area contributed by atoms with E-state index in [4.69, 9.17) is 4.42 Å². The summed E-state index contributed by atoms with van der Waals surface area (Å²) in [6, 6.07) is 11.9. The molecule has 0 unspecified atom stereocenters. The van der Waals surface area contributed by atoms with Gasteiger partial charge >= 0.3 is 0 Å². The Morgan fingerprint density at radius 1 is 1.13 bits per heavy atom. The molecule has 0 bridgehead atoms. The molecular weight excluding hydrogens is 408 g/mol. The van der Waals surface area contributed by atoms with Crippen molar-refractivity contribution in [1.82, 2.24) is 20.5 Å². The molecule has 6 nitrogen and oxygen atoms in total. The SMILES string of the molecule is Cc1ccc(-c2nnc(C3CCC(CNC(=O)c4csc5ccccc45)CC3)o2)cn1. The molecule has 1 aliphatic rings. The van der Waals surface area contributed by atoms with E-state index in [1.807, 2.05) is 42.6 Å². The summed E-state index contributed by atoms with van der Waals surface area (Å²) in [5.74, 6) is 2.02. The van der Waals surface area contributed by atoms with Gasteiger partial charge < -0.3 is 9.73 Å². The minimum Gasteiger partial charge on any atom is -0.420 e. The lowest BCUT2D eigenvalue weighted by molar-refractivity contribution is 0.0944. The summed E-state index contributed by atoms with van der Waals surface area (Å²) < 4.78 is 7.09. The number of thiophene rings is 1. The Bertz CT molecular complexity index is 1190. The fourth-order valence-electron chi connectivity index (χ4n) is 4.21. The highest BCUT2D eigenvalue weighted by Gasteiger charge is 2.27. The van der Waals surface area contributed by atoms with Gasteiger partial charge in [0.15, 0.2) is 0 Å². The normalized spacial score (nSPS) is 18.9. The predicted molar refractivity (Wildman–Crippen MR) is 121 cm³/mol. The maximum atomic E-state index is 12.7. The summed E-state index contributed by atoms with van der Waals surface area (Å²) in [6.45, 7) is 2.66. The molecule has 3 heterocycles. The Morgan fingerprint density at radius 3 is 2.77 bits per heavy atom. The lowest BCUT2D eigenvalue weighted by atomic mass is 9.82. The van der Waals surface area contributed by atoms with Crippen LogP contribution < -0.4 is 5.32 Å². The molecular formula is C24H24N4O2S. The number of rotatable bonds is 5. The lowest BCUT2D eigenvalue weighted by Crippen LogP contribution is -2.31. The number of nitrogens with one attached hydrogen (secondary N) is 1. The molecule has 0 spiro atoms. The molecule has 5 rings (SSSR count). The fraction of sp³-hybridized carbons (Fsp3) is 0.333. The Kier molecular flexibility index (Phi) is 5.51. The van der Waals surface area contributed by atoms with Gasteiger partial charge in [0.1, 0.15) is 0 Å². The molecule has 158 valence electrons. The van der Waals surface area contributed by atoms with E-state index in [9.17, 15) is 4.79 Å². The molecule has 0 aliphatic heterocycles. The topological polar surface area (TPSA) is 80.9 Å². The van der Waals surface area contributed by atoms with Crippen molar-refractivity contribution >= 4 is 27.3 Å². The molecule has 31 heavy (non-hydrogen) atoms. The Balaban J connectivity index is 1.15. The van der Waals surface area contributed by atoms with Crippen molar-refractivity contribution in [1.29, 1.82) is 0 Å². The van der Waals surface area contributed by atoms with Crippen molar-refractivity contribution in [3.8, 4) is 11.5 Å². The Morgan fingerprint density at radius 2 is 1.97 bits per heavy atom. The van der Waals surface area contributed by atoms with Gasteiger partial charge in [0.2, 0.25) is 11.8 Å². The molecule has 1 aliphatic carbocycles. The minimum atomic E-state index is 0.0211. The van der Waals surface area contributed by atoms with E-state index in [-0.39, 0.29) is 11.8 Å². The highest BCUT2D eigenvalue weighted by Crippen LogP contribution is 2.36. The molecule has 0 atom stereocenters. The Hall–Kier alpha value is -3.06. The number of carbonyl (C=O) groups excluding carboxylic acids is 1. The average Bonchev–Trinajstić information content (AvgIpc) is 3.46. The maximum absolute atomic E-state index is 12.7. The molecule has 1 amide bonds. The molecule has 1 N–H and O–H groups in total. The zero-order valence-electron chi connectivity index (χ0n) is 17.4. The van der Waals surface area contributed by atoms with Crippen molar-refractivity contribution < 1.29 is 9.21 Å². The summed E-state index contributed by atoms with van der Waals surface area (Å²) in [7, 11) is 0. The van der Waals surface area contributed by atoms with E-state index < -0.39 is 0 Å². The molecule has 4 aromatic rings. The number of benzene rings is 1. The van der Waals surface area contributed by atoms with E-state index in [2.05, 4.69) is 26.6 Å². The Labute approximate surface area is 184 Å². The summed E-state index contributed by atoms with van der Waals surface area (Å²) in [5, 5.41) is 14.6. The van der Waals surface area contributed by atoms with E-state index in [1.54, 1.807) is 17.5 Å². The van der Waals surface area contributed by atoms with Crippen molar-refractivity contribution in [2.75, 3.05) is 6.54 Å². The number of amides is 1. The summed E-state index contributed by atoms with van der Waals surface area (Å²) in [5.41, 5.74) is 2.58.